The first kappa shape index (κ1) is 23.4. The summed E-state index contributed by atoms with van der Waals surface area (Å²) in [6, 6.07) is 7.49. The van der Waals surface area contributed by atoms with E-state index in [0.29, 0.717) is 25.2 Å². The number of nitrogen functional groups attached to an aromatic ring is 2. The molecule has 0 aliphatic rings. The molecule has 0 unspecified atom stereocenters. The number of nitrogens with two attached hydrogens (primary N) is 2. The Kier molecular flexibility index (Phi) is 8.82. The number of anilines is 2. The molecular formula is C20H28ClN7O2. The highest BCUT2D eigenvalue weighted by atomic mass is 35.5. The number of hydrogen-bond acceptors (Lipinski definition) is 7. The van der Waals surface area contributed by atoms with Crippen LogP contribution in [0.15, 0.2) is 24.3 Å². The molecule has 2 rings (SSSR count). The van der Waals surface area contributed by atoms with E-state index in [1.165, 1.54) is 0 Å². The van der Waals surface area contributed by atoms with Crippen molar-refractivity contribution >= 4 is 35.1 Å². The van der Waals surface area contributed by atoms with Gasteiger partial charge in [0, 0.05) is 25.2 Å². The van der Waals surface area contributed by atoms with Gasteiger partial charge >= 0.3 is 0 Å². The van der Waals surface area contributed by atoms with Gasteiger partial charge in [-0.15, -0.1) is 0 Å². The molecule has 0 aliphatic carbocycles. The van der Waals surface area contributed by atoms with Crippen molar-refractivity contribution in [2.45, 2.75) is 19.8 Å². The summed E-state index contributed by atoms with van der Waals surface area (Å²) in [6.45, 7) is 4.51. The van der Waals surface area contributed by atoms with Crippen LogP contribution in [0.1, 0.15) is 39.3 Å². The van der Waals surface area contributed by atoms with Gasteiger partial charge in [0.05, 0.1) is 0 Å². The molecule has 0 saturated carbocycles. The quantitative estimate of drug-likeness (QED) is 0.416. The van der Waals surface area contributed by atoms with Crippen molar-refractivity contribution in [3.05, 3.63) is 46.2 Å². The minimum Gasteiger partial charge on any atom is -0.382 e. The minimum atomic E-state index is -0.450. The smallest absolute Gasteiger partial charge is 0.273 e. The SMILES string of the molecule is Cc1ccc(C(=O)NCCCCN(C)CCNC(=O)c2nc(Cl)c(N)nc2N)cc1. The van der Waals surface area contributed by atoms with Gasteiger partial charge in [0.15, 0.2) is 22.5 Å². The third-order valence-corrected chi connectivity index (χ3v) is 4.74. The number of halogens is 1. The second kappa shape index (κ2) is 11.3. The number of nitrogens with zero attached hydrogens (tertiary/aromatic N) is 3. The third-order valence-electron chi connectivity index (χ3n) is 4.46. The van der Waals surface area contributed by atoms with E-state index in [9.17, 15) is 9.59 Å². The second-order valence-corrected chi connectivity index (χ2v) is 7.38. The van der Waals surface area contributed by atoms with Crippen LogP contribution in [0, 0.1) is 6.92 Å². The molecule has 1 aromatic heterocycles. The first-order valence-corrected chi connectivity index (χ1v) is 10.1. The summed E-state index contributed by atoms with van der Waals surface area (Å²) < 4.78 is 0. The van der Waals surface area contributed by atoms with Gasteiger partial charge in [0.25, 0.3) is 11.8 Å². The summed E-state index contributed by atoms with van der Waals surface area (Å²) in [5.74, 6) is -0.582. The third kappa shape index (κ3) is 7.16. The zero-order valence-electron chi connectivity index (χ0n) is 17.2. The Morgan fingerprint density at radius 1 is 0.967 bits per heavy atom. The Hall–Kier alpha value is -2.91. The fraction of sp³-hybridized carbons (Fsp3) is 0.400. The molecule has 0 radical (unpaired) electrons. The van der Waals surface area contributed by atoms with E-state index in [1.54, 1.807) is 0 Å². The number of likely N-dealkylation sites (N-methyl/N-ethyl adjacent to an activating group) is 1. The molecule has 1 aromatic carbocycles. The van der Waals surface area contributed by atoms with E-state index in [4.69, 9.17) is 23.1 Å². The predicted octanol–water partition coefficient (Wildman–Crippen LogP) is 1.47. The lowest BCUT2D eigenvalue weighted by atomic mass is 10.1. The van der Waals surface area contributed by atoms with Gasteiger partial charge in [-0.1, -0.05) is 29.3 Å². The summed E-state index contributed by atoms with van der Waals surface area (Å²) in [6.07, 6.45) is 1.79. The van der Waals surface area contributed by atoms with E-state index >= 15 is 0 Å². The van der Waals surface area contributed by atoms with Crippen LogP contribution in [-0.4, -0.2) is 59.9 Å². The number of unbranched alkanes of at least 4 members (excludes halogenated alkanes) is 1. The van der Waals surface area contributed by atoms with Gasteiger partial charge in [0.2, 0.25) is 0 Å². The highest BCUT2D eigenvalue weighted by Gasteiger charge is 2.15. The van der Waals surface area contributed by atoms with Crippen LogP contribution in [0.5, 0.6) is 0 Å². The van der Waals surface area contributed by atoms with Crippen LogP contribution < -0.4 is 22.1 Å². The van der Waals surface area contributed by atoms with Gasteiger partial charge in [-0.2, -0.15) is 0 Å². The number of aromatic nitrogens is 2. The van der Waals surface area contributed by atoms with E-state index in [0.717, 1.165) is 24.9 Å². The number of aryl methyl sites for hydroxylation is 1. The first-order chi connectivity index (χ1) is 14.3. The molecule has 0 atom stereocenters. The van der Waals surface area contributed by atoms with Crippen molar-refractivity contribution in [1.82, 2.24) is 25.5 Å². The summed E-state index contributed by atoms with van der Waals surface area (Å²) in [5.41, 5.74) is 12.9. The maximum absolute atomic E-state index is 12.2. The molecule has 9 nitrogen and oxygen atoms in total. The Morgan fingerprint density at radius 2 is 1.63 bits per heavy atom. The molecule has 0 aliphatic heterocycles. The Bertz CT molecular complexity index is 874. The number of carbonyl (C=O) groups is 2. The minimum absolute atomic E-state index is 0.0134. The monoisotopic (exact) mass is 433 g/mol. The Balaban J connectivity index is 1.60. The van der Waals surface area contributed by atoms with E-state index in [1.807, 2.05) is 38.2 Å². The molecule has 10 heteroatoms. The molecular weight excluding hydrogens is 406 g/mol. The number of rotatable bonds is 10. The normalized spacial score (nSPS) is 10.8. The van der Waals surface area contributed by atoms with E-state index in [-0.39, 0.29) is 28.4 Å². The van der Waals surface area contributed by atoms with E-state index < -0.39 is 5.91 Å². The van der Waals surface area contributed by atoms with Gasteiger partial charge in [-0.05, 0) is 45.5 Å². The maximum atomic E-state index is 12.2. The fourth-order valence-corrected chi connectivity index (χ4v) is 2.81. The predicted molar refractivity (Wildman–Crippen MR) is 118 cm³/mol. The highest BCUT2D eigenvalue weighted by Crippen LogP contribution is 2.17. The zero-order valence-corrected chi connectivity index (χ0v) is 18.0. The van der Waals surface area contributed by atoms with Crippen LogP contribution in [0.25, 0.3) is 0 Å². The second-order valence-electron chi connectivity index (χ2n) is 7.02. The van der Waals surface area contributed by atoms with Crippen molar-refractivity contribution < 1.29 is 9.59 Å². The van der Waals surface area contributed by atoms with Crippen LogP contribution in [-0.2, 0) is 0 Å². The van der Waals surface area contributed by atoms with Gasteiger partial charge in [0.1, 0.15) is 0 Å². The van der Waals surface area contributed by atoms with Crippen molar-refractivity contribution in [2.75, 3.05) is 44.7 Å². The van der Waals surface area contributed by atoms with Gasteiger partial charge in [-0.3, -0.25) is 9.59 Å². The number of benzene rings is 1. The Labute approximate surface area is 181 Å². The number of amides is 2. The van der Waals surface area contributed by atoms with Crippen LogP contribution in [0.4, 0.5) is 11.6 Å². The van der Waals surface area contributed by atoms with Crippen LogP contribution in [0.3, 0.4) is 0 Å². The summed E-state index contributed by atoms with van der Waals surface area (Å²) in [5, 5.41) is 5.61. The summed E-state index contributed by atoms with van der Waals surface area (Å²) in [7, 11) is 1.96. The molecule has 30 heavy (non-hydrogen) atoms. The molecule has 6 N–H and O–H groups in total. The Morgan fingerprint density at radius 3 is 2.33 bits per heavy atom. The highest BCUT2D eigenvalue weighted by molar-refractivity contribution is 6.31. The molecule has 2 aromatic rings. The standard InChI is InChI=1S/C20H28ClN7O2/c1-13-5-7-14(8-6-13)19(29)24-9-3-4-11-28(2)12-10-25-20(30)15-17(22)27-18(23)16(21)26-15/h5-8H,3-4,9-12H2,1-2H3,(H,24,29)(H,25,30)(H4,22,23,27). The first-order valence-electron chi connectivity index (χ1n) is 9.68. The summed E-state index contributed by atoms with van der Waals surface area (Å²) >= 11 is 5.79. The molecule has 0 fully saturated rings. The lowest BCUT2D eigenvalue weighted by Gasteiger charge is -2.17. The molecule has 0 spiro atoms. The average molecular weight is 434 g/mol. The number of nitrogens with one attached hydrogen (secondary N) is 2. The molecule has 162 valence electrons. The molecule has 2 amide bonds. The van der Waals surface area contributed by atoms with Crippen molar-refractivity contribution in [3.63, 3.8) is 0 Å². The molecule has 1 heterocycles. The van der Waals surface area contributed by atoms with Crippen LogP contribution >= 0.6 is 11.6 Å². The van der Waals surface area contributed by atoms with Crippen molar-refractivity contribution in [1.29, 1.82) is 0 Å². The summed E-state index contributed by atoms with van der Waals surface area (Å²) in [4.78, 5) is 34.0. The largest absolute Gasteiger partial charge is 0.382 e. The lowest BCUT2D eigenvalue weighted by Crippen LogP contribution is -2.34. The van der Waals surface area contributed by atoms with Gasteiger partial charge in [-0.25, -0.2) is 9.97 Å². The zero-order chi connectivity index (χ0) is 22.1. The number of hydrogen-bond donors (Lipinski definition) is 4. The topological polar surface area (TPSA) is 139 Å². The number of carbonyl (C=O) groups excluding carboxylic acids is 2. The fourth-order valence-electron chi connectivity index (χ4n) is 2.68. The molecule has 0 bridgehead atoms. The van der Waals surface area contributed by atoms with Crippen LogP contribution in [0.2, 0.25) is 5.15 Å². The van der Waals surface area contributed by atoms with E-state index in [2.05, 4.69) is 25.5 Å². The average Bonchev–Trinajstić information content (AvgIpc) is 2.70. The van der Waals surface area contributed by atoms with Crippen molar-refractivity contribution in [2.24, 2.45) is 0 Å². The maximum Gasteiger partial charge on any atom is 0.273 e. The lowest BCUT2D eigenvalue weighted by molar-refractivity contribution is 0.0942. The molecule has 0 saturated heterocycles. The van der Waals surface area contributed by atoms with Gasteiger partial charge < -0.3 is 27.0 Å². The van der Waals surface area contributed by atoms with Crippen molar-refractivity contribution in [3.8, 4) is 0 Å².